The molecular weight excluding hydrogens is 575 g/mol. The Hall–Kier alpha value is -3.36. The summed E-state index contributed by atoms with van der Waals surface area (Å²) >= 11 is 1.37. The summed E-state index contributed by atoms with van der Waals surface area (Å²) in [7, 11) is -1.52. The molecule has 0 N–H and O–H groups in total. The van der Waals surface area contributed by atoms with Gasteiger partial charge in [0.15, 0.2) is 15.7 Å². The van der Waals surface area contributed by atoms with Crippen LogP contribution in [-0.2, 0) is 14.6 Å². The highest BCUT2D eigenvalue weighted by Crippen LogP contribution is 2.52. The quantitative estimate of drug-likeness (QED) is 0.316. The van der Waals surface area contributed by atoms with Gasteiger partial charge in [0, 0.05) is 37.0 Å². The number of ether oxygens (including phenoxy) is 1. The van der Waals surface area contributed by atoms with Crippen LogP contribution < -0.4 is 9.64 Å². The highest BCUT2D eigenvalue weighted by Gasteiger charge is 2.47. The molecule has 0 amide bonds. The Bertz CT molecular complexity index is 1630. The number of benzene rings is 1. The lowest BCUT2D eigenvalue weighted by Crippen LogP contribution is -2.40. The number of halogens is 1. The molecule has 0 spiro atoms. The molecule has 2 atom stereocenters. The van der Waals surface area contributed by atoms with E-state index in [4.69, 9.17) is 9.72 Å². The number of hydrogen-bond acceptors (Lipinski definition) is 9. The van der Waals surface area contributed by atoms with Crippen LogP contribution >= 0.6 is 11.3 Å². The minimum atomic E-state index is -2.99. The molecule has 11 heteroatoms. The summed E-state index contributed by atoms with van der Waals surface area (Å²) in [5.41, 5.74) is 2.37. The number of sulfone groups is 1. The molecule has 0 bridgehead atoms. The van der Waals surface area contributed by atoms with E-state index in [0.29, 0.717) is 23.8 Å². The van der Waals surface area contributed by atoms with Gasteiger partial charge in [-0.05, 0) is 43.4 Å². The number of Topliss-reactive ketones (excluding diaryl/α,β-unsaturated/α-hetero) is 1. The fourth-order valence-corrected chi connectivity index (χ4v) is 8.65. The summed E-state index contributed by atoms with van der Waals surface area (Å²) < 4.78 is 44.4. The number of carbonyl (C=O) groups excluding carboxylic acids is 1. The Balaban J connectivity index is 1.39. The van der Waals surface area contributed by atoms with Crippen molar-refractivity contribution in [3.63, 3.8) is 0 Å². The molecule has 3 heterocycles. The number of carbonyl (C=O) groups is 1. The maximum atomic E-state index is 15.1. The van der Waals surface area contributed by atoms with Crippen LogP contribution in [-0.4, -0.2) is 55.9 Å². The van der Waals surface area contributed by atoms with Gasteiger partial charge < -0.3 is 9.64 Å². The first-order valence-corrected chi connectivity index (χ1v) is 17.0. The van der Waals surface area contributed by atoms with Gasteiger partial charge in [0.2, 0.25) is 0 Å². The molecule has 1 aromatic carbocycles. The molecule has 1 aliphatic heterocycles. The summed E-state index contributed by atoms with van der Waals surface area (Å²) in [5, 5.41) is 10.1. The predicted molar refractivity (Wildman–Crippen MR) is 160 cm³/mol. The molecule has 3 fully saturated rings. The zero-order valence-corrected chi connectivity index (χ0v) is 25.1. The molecule has 8 nitrogen and oxygen atoms in total. The summed E-state index contributed by atoms with van der Waals surface area (Å²) in [6, 6.07) is 10.3. The van der Waals surface area contributed by atoms with Crippen molar-refractivity contribution in [2.24, 2.45) is 11.3 Å². The molecule has 2 aromatic heterocycles. The van der Waals surface area contributed by atoms with E-state index < -0.39 is 21.1 Å². The Morgan fingerprint density at radius 3 is 2.55 bits per heavy atom. The van der Waals surface area contributed by atoms with Gasteiger partial charge in [0.1, 0.15) is 16.5 Å². The molecular formula is C31H33FN4O4S2. The summed E-state index contributed by atoms with van der Waals surface area (Å²) in [4.78, 5) is 25.5. The molecule has 2 saturated carbocycles. The van der Waals surface area contributed by atoms with E-state index in [-0.39, 0.29) is 41.1 Å². The number of methoxy groups -OCH3 is 1. The number of anilines is 1. The Labute approximate surface area is 249 Å². The van der Waals surface area contributed by atoms with Gasteiger partial charge in [-0.1, -0.05) is 25.0 Å². The molecule has 0 radical (unpaired) electrons. The van der Waals surface area contributed by atoms with Crippen LogP contribution in [0.1, 0.15) is 56.6 Å². The third kappa shape index (κ3) is 5.66. The highest BCUT2D eigenvalue weighted by molar-refractivity contribution is 7.91. The van der Waals surface area contributed by atoms with Crippen LogP contribution in [0.25, 0.3) is 21.0 Å². The second kappa shape index (κ2) is 11.4. The first-order valence-electron chi connectivity index (χ1n) is 14.4. The van der Waals surface area contributed by atoms with Crippen molar-refractivity contribution in [1.29, 1.82) is 5.26 Å². The van der Waals surface area contributed by atoms with Gasteiger partial charge in [0.05, 0.1) is 58.6 Å². The largest absolute Gasteiger partial charge is 0.494 e. The van der Waals surface area contributed by atoms with Gasteiger partial charge >= 0.3 is 0 Å². The van der Waals surface area contributed by atoms with Gasteiger partial charge in [-0.15, -0.1) is 11.3 Å². The number of ketones is 1. The average molecular weight is 609 g/mol. The maximum absolute atomic E-state index is 15.1. The minimum absolute atomic E-state index is 0.127. The van der Waals surface area contributed by atoms with Crippen LogP contribution in [0, 0.1) is 28.5 Å². The van der Waals surface area contributed by atoms with E-state index in [1.54, 1.807) is 0 Å². The van der Waals surface area contributed by atoms with E-state index in [1.807, 2.05) is 24.3 Å². The third-order valence-corrected chi connectivity index (χ3v) is 11.7. The van der Waals surface area contributed by atoms with Crippen LogP contribution in [0.2, 0.25) is 0 Å². The lowest BCUT2D eigenvalue weighted by Gasteiger charge is -2.31. The number of thiazole rings is 1. The monoisotopic (exact) mass is 608 g/mol. The highest BCUT2D eigenvalue weighted by atomic mass is 32.2. The smallest absolute Gasteiger partial charge is 0.155 e. The van der Waals surface area contributed by atoms with Crippen LogP contribution in [0.15, 0.2) is 36.7 Å². The number of rotatable bonds is 8. The van der Waals surface area contributed by atoms with Gasteiger partial charge in [0.25, 0.3) is 0 Å². The van der Waals surface area contributed by atoms with Crippen molar-refractivity contribution in [2.45, 2.75) is 50.9 Å². The molecule has 3 aliphatic rings. The van der Waals surface area contributed by atoms with E-state index in [0.717, 1.165) is 66.5 Å². The van der Waals surface area contributed by atoms with Gasteiger partial charge in [-0.25, -0.2) is 17.8 Å². The molecule has 220 valence electrons. The van der Waals surface area contributed by atoms with Crippen LogP contribution in [0.5, 0.6) is 5.75 Å². The summed E-state index contributed by atoms with van der Waals surface area (Å²) in [6.45, 7) is 0.906. The standard InChI is InChI=1S/C31H33FN4O4S2/c1-40-26-18-34-17-24(32)27(26)30-35-28(23-5-3-2-4-22(23)25(37)16-31(19-33)10-11-31)29(41-30)20-6-8-21(9-7-20)36-12-14-42(38,39)15-13-36/h6-9,17-18,22-23H,2-5,10-16H2,1H3/t22-,23-/m1/s1. The Morgan fingerprint density at radius 2 is 1.88 bits per heavy atom. The fourth-order valence-electron chi connectivity index (χ4n) is 6.26. The molecule has 42 heavy (non-hydrogen) atoms. The first kappa shape index (κ1) is 28.7. The van der Waals surface area contributed by atoms with Crippen molar-refractivity contribution < 1.29 is 22.3 Å². The Morgan fingerprint density at radius 1 is 1.17 bits per heavy atom. The molecule has 2 aliphatic carbocycles. The van der Waals surface area contributed by atoms with E-state index in [2.05, 4.69) is 16.0 Å². The second-order valence-corrected chi connectivity index (χ2v) is 15.0. The second-order valence-electron chi connectivity index (χ2n) is 11.7. The number of pyridine rings is 1. The van der Waals surface area contributed by atoms with Crippen LogP contribution in [0.4, 0.5) is 10.1 Å². The fraction of sp³-hybridized carbons (Fsp3) is 0.484. The van der Waals surface area contributed by atoms with Crippen molar-refractivity contribution in [3.8, 4) is 32.8 Å². The number of aromatic nitrogens is 2. The molecule has 3 aromatic rings. The number of nitrogens with zero attached hydrogens (tertiary/aromatic N) is 4. The SMILES string of the molecule is COc1cncc(F)c1-c1nc([C@@H]2CCCC[C@H]2C(=O)CC2(C#N)CC2)c(-c2ccc(N3CCS(=O)(=O)CC3)cc2)s1. The summed E-state index contributed by atoms with van der Waals surface area (Å²) in [5.74, 6) is -0.208. The predicted octanol–water partition coefficient (Wildman–Crippen LogP) is 5.79. The average Bonchev–Trinajstić information content (AvgIpc) is 3.64. The molecule has 6 rings (SSSR count). The van der Waals surface area contributed by atoms with E-state index >= 15 is 4.39 Å². The minimum Gasteiger partial charge on any atom is -0.494 e. The van der Waals surface area contributed by atoms with Crippen LogP contribution in [0.3, 0.4) is 0 Å². The zero-order valence-electron chi connectivity index (χ0n) is 23.5. The maximum Gasteiger partial charge on any atom is 0.155 e. The van der Waals surface area contributed by atoms with Crippen molar-refractivity contribution in [1.82, 2.24) is 9.97 Å². The molecule has 0 unspecified atom stereocenters. The van der Waals surface area contributed by atoms with Gasteiger partial charge in [-0.3, -0.25) is 9.78 Å². The van der Waals surface area contributed by atoms with Crippen molar-refractivity contribution >= 4 is 32.6 Å². The zero-order chi connectivity index (χ0) is 29.5. The third-order valence-electron chi connectivity index (χ3n) is 8.93. The number of nitriles is 1. The van der Waals surface area contributed by atoms with E-state index in [1.165, 1.54) is 24.6 Å². The van der Waals surface area contributed by atoms with Crippen molar-refractivity contribution in [2.75, 3.05) is 36.6 Å². The Kier molecular flexibility index (Phi) is 7.79. The lowest BCUT2D eigenvalue weighted by molar-refractivity contribution is -0.125. The molecule has 1 saturated heterocycles. The van der Waals surface area contributed by atoms with Crippen molar-refractivity contribution in [3.05, 3.63) is 48.2 Å². The van der Waals surface area contributed by atoms with E-state index in [9.17, 15) is 18.5 Å². The first-order chi connectivity index (χ1) is 20.2. The summed E-state index contributed by atoms with van der Waals surface area (Å²) in [6.07, 6.45) is 7.91. The topological polar surface area (TPSA) is 113 Å². The number of hydrogen-bond donors (Lipinski definition) is 0. The lowest BCUT2D eigenvalue weighted by atomic mass is 9.73. The van der Waals surface area contributed by atoms with Gasteiger partial charge in [-0.2, -0.15) is 5.26 Å². The normalized spacial score (nSPS) is 22.7.